The average molecular weight is 545 g/mol. The lowest BCUT2D eigenvalue weighted by Crippen LogP contribution is -2.10. The molecule has 0 aliphatic heterocycles. The molecule has 0 spiro atoms. The van der Waals surface area contributed by atoms with Crippen LogP contribution in [0.5, 0.6) is 11.6 Å². The van der Waals surface area contributed by atoms with Crippen molar-refractivity contribution >= 4 is 27.4 Å². The van der Waals surface area contributed by atoms with Gasteiger partial charge in [0.2, 0.25) is 5.88 Å². The van der Waals surface area contributed by atoms with Crippen LogP contribution in [0.4, 0.5) is 0 Å². The van der Waals surface area contributed by atoms with E-state index in [0.717, 1.165) is 39.1 Å². The molecule has 0 bridgehead atoms. The molecule has 0 amide bonds. The Hall–Kier alpha value is -3.93. The molecule has 0 saturated carbocycles. The van der Waals surface area contributed by atoms with Crippen LogP contribution < -0.4 is 9.47 Å². The smallest absolute Gasteiger partial charge is 0.307 e. The van der Waals surface area contributed by atoms with Crippen LogP contribution in [0, 0.1) is 18.8 Å². The van der Waals surface area contributed by atoms with E-state index >= 15 is 0 Å². The number of hydrogen-bond acceptors (Lipinski definition) is 8. The molecule has 0 aliphatic rings. The summed E-state index contributed by atoms with van der Waals surface area (Å²) in [7, 11) is 1.65. The predicted molar refractivity (Wildman–Crippen MR) is 153 cm³/mol. The first-order valence-electron chi connectivity index (χ1n) is 12.8. The first-order chi connectivity index (χ1) is 19.0. The molecule has 0 N–H and O–H groups in total. The second kappa shape index (κ2) is 13.7. The summed E-state index contributed by atoms with van der Waals surface area (Å²) in [6, 6.07) is 12.1. The highest BCUT2D eigenvalue weighted by molar-refractivity contribution is 7.17. The van der Waals surface area contributed by atoms with E-state index < -0.39 is 0 Å². The van der Waals surface area contributed by atoms with Crippen LogP contribution in [0.15, 0.2) is 54.2 Å². The normalized spacial score (nSPS) is 11.5. The second-order valence-corrected chi connectivity index (χ2v) is 9.71. The SMILES string of the molecule is CC#C[C@@H](CC(=O)OCC)c1ccc(OCc2ccc3scc(-c4cc(OCCOC)cnc4C)c3c2)nc1. The number of methoxy groups -OCH3 is 1. The number of ether oxygens (including phenoxy) is 4. The lowest BCUT2D eigenvalue weighted by Gasteiger charge is -2.12. The zero-order valence-corrected chi connectivity index (χ0v) is 23.5. The maximum Gasteiger partial charge on any atom is 0.307 e. The fourth-order valence-electron chi connectivity index (χ4n) is 4.14. The predicted octanol–water partition coefficient (Wildman–Crippen LogP) is 6.33. The van der Waals surface area contributed by atoms with Gasteiger partial charge in [0, 0.05) is 46.3 Å². The molecule has 0 saturated heterocycles. The first kappa shape index (κ1) is 28.1. The number of rotatable bonds is 12. The number of carbonyl (C=O) groups is 1. The van der Waals surface area contributed by atoms with Crippen LogP contribution in [0.3, 0.4) is 0 Å². The number of nitrogens with zero attached hydrogens (tertiary/aromatic N) is 2. The van der Waals surface area contributed by atoms with Crippen LogP contribution in [0.2, 0.25) is 0 Å². The minimum absolute atomic E-state index is 0.191. The first-order valence-corrected chi connectivity index (χ1v) is 13.7. The van der Waals surface area contributed by atoms with Gasteiger partial charge in [-0.3, -0.25) is 9.78 Å². The molecular formula is C31H32N2O5S. The van der Waals surface area contributed by atoms with E-state index in [4.69, 9.17) is 18.9 Å². The Kier molecular flexibility index (Phi) is 9.90. The highest BCUT2D eigenvalue weighted by Gasteiger charge is 2.16. The monoisotopic (exact) mass is 544 g/mol. The third-order valence-electron chi connectivity index (χ3n) is 6.09. The summed E-state index contributed by atoms with van der Waals surface area (Å²) in [5.41, 5.74) is 4.98. The van der Waals surface area contributed by atoms with Gasteiger partial charge in [0.25, 0.3) is 0 Å². The van der Waals surface area contributed by atoms with Crippen molar-refractivity contribution in [2.75, 3.05) is 26.9 Å². The topological polar surface area (TPSA) is 79.8 Å². The minimum Gasteiger partial charge on any atom is -0.490 e. The third kappa shape index (κ3) is 7.34. The Labute approximate surface area is 233 Å². The Morgan fingerprint density at radius 3 is 2.67 bits per heavy atom. The van der Waals surface area contributed by atoms with Crippen molar-refractivity contribution in [2.24, 2.45) is 0 Å². The molecule has 8 heteroatoms. The van der Waals surface area contributed by atoms with Crippen molar-refractivity contribution in [3.8, 4) is 34.6 Å². The van der Waals surface area contributed by atoms with E-state index in [0.29, 0.717) is 32.3 Å². The van der Waals surface area contributed by atoms with Crippen molar-refractivity contribution in [2.45, 2.75) is 39.7 Å². The van der Waals surface area contributed by atoms with Crippen LogP contribution in [-0.4, -0.2) is 42.9 Å². The molecule has 7 nitrogen and oxygen atoms in total. The van der Waals surface area contributed by atoms with Gasteiger partial charge < -0.3 is 18.9 Å². The number of aromatic nitrogens is 2. The summed E-state index contributed by atoms with van der Waals surface area (Å²) in [5.74, 6) is 6.64. The minimum atomic E-state index is -0.273. The van der Waals surface area contributed by atoms with Crippen molar-refractivity contribution in [3.05, 3.63) is 71.0 Å². The lowest BCUT2D eigenvalue weighted by molar-refractivity contribution is -0.143. The van der Waals surface area contributed by atoms with Crippen LogP contribution >= 0.6 is 11.3 Å². The van der Waals surface area contributed by atoms with Crippen molar-refractivity contribution in [1.82, 2.24) is 9.97 Å². The van der Waals surface area contributed by atoms with E-state index in [9.17, 15) is 4.79 Å². The molecule has 0 fully saturated rings. The highest BCUT2D eigenvalue weighted by Crippen LogP contribution is 2.37. The summed E-state index contributed by atoms with van der Waals surface area (Å²) >= 11 is 1.70. The number of benzene rings is 1. The summed E-state index contributed by atoms with van der Waals surface area (Å²) in [5, 5.41) is 3.30. The van der Waals surface area contributed by atoms with Crippen LogP contribution in [-0.2, 0) is 20.9 Å². The Balaban J connectivity index is 1.48. The van der Waals surface area contributed by atoms with Gasteiger partial charge in [0.05, 0.1) is 31.7 Å². The maximum atomic E-state index is 12.0. The van der Waals surface area contributed by atoms with E-state index in [1.807, 2.05) is 25.1 Å². The molecule has 0 unspecified atom stereocenters. The number of aryl methyl sites for hydroxylation is 1. The summed E-state index contributed by atoms with van der Waals surface area (Å²) < 4.78 is 23.1. The Morgan fingerprint density at radius 2 is 1.92 bits per heavy atom. The van der Waals surface area contributed by atoms with Crippen LogP contribution in [0.25, 0.3) is 21.2 Å². The van der Waals surface area contributed by atoms with Crippen molar-refractivity contribution in [1.29, 1.82) is 0 Å². The number of carbonyl (C=O) groups excluding carboxylic acids is 1. The fraction of sp³-hybridized carbons (Fsp3) is 0.323. The summed E-state index contributed by atoms with van der Waals surface area (Å²) in [6.45, 7) is 7.26. The Bertz CT molecular complexity index is 1470. The fourth-order valence-corrected chi connectivity index (χ4v) is 5.08. The van der Waals surface area contributed by atoms with Gasteiger partial charge in [-0.1, -0.05) is 18.1 Å². The molecule has 3 heterocycles. The lowest BCUT2D eigenvalue weighted by atomic mass is 9.98. The van der Waals surface area contributed by atoms with E-state index in [-0.39, 0.29) is 18.3 Å². The van der Waals surface area contributed by atoms with Gasteiger partial charge in [0.15, 0.2) is 0 Å². The zero-order valence-electron chi connectivity index (χ0n) is 22.7. The molecule has 0 radical (unpaired) electrons. The van der Waals surface area contributed by atoms with Crippen molar-refractivity contribution in [3.63, 3.8) is 0 Å². The number of esters is 1. The van der Waals surface area contributed by atoms with E-state index in [1.165, 1.54) is 4.70 Å². The van der Waals surface area contributed by atoms with Gasteiger partial charge in [-0.05, 0) is 55.5 Å². The standard InChI is InChI=1S/C31H32N2O5S/c1-5-7-23(15-31(34)36-6-2)24-9-11-30(33-17-24)38-19-22-8-10-29-27(14-22)28(20-39-29)26-16-25(18-32-21(26)3)37-13-12-35-4/h8-11,14,16-18,20,23H,6,12-13,15,19H2,1-4H3/t23-/m0/s1. The number of fused-ring (bicyclic) bond motifs is 1. The average Bonchev–Trinajstić information content (AvgIpc) is 3.36. The molecule has 4 aromatic rings. The van der Waals surface area contributed by atoms with E-state index in [2.05, 4.69) is 45.4 Å². The molecule has 1 atom stereocenters. The van der Waals surface area contributed by atoms with Crippen LogP contribution in [0.1, 0.15) is 43.0 Å². The molecule has 39 heavy (non-hydrogen) atoms. The number of thiophene rings is 1. The highest BCUT2D eigenvalue weighted by atomic mass is 32.1. The van der Waals surface area contributed by atoms with Crippen molar-refractivity contribution < 1.29 is 23.7 Å². The molecule has 1 aromatic carbocycles. The molecule has 0 aliphatic carbocycles. The van der Waals surface area contributed by atoms with Gasteiger partial charge in [-0.15, -0.1) is 17.3 Å². The Morgan fingerprint density at radius 1 is 1.05 bits per heavy atom. The third-order valence-corrected chi connectivity index (χ3v) is 7.05. The quantitative estimate of drug-likeness (QED) is 0.117. The van der Waals surface area contributed by atoms with Gasteiger partial charge in [-0.25, -0.2) is 4.98 Å². The largest absolute Gasteiger partial charge is 0.490 e. The van der Waals surface area contributed by atoms with Gasteiger partial charge in [0.1, 0.15) is 19.0 Å². The van der Waals surface area contributed by atoms with E-state index in [1.54, 1.807) is 44.7 Å². The second-order valence-electron chi connectivity index (χ2n) is 8.80. The van der Waals surface area contributed by atoms with Gasteiger partial charge >= 0.3 is 5.97 Å². The maximum absolute atomic E-state index is 12.0. The summed E-state index contributed by atoms with van der Waals surface area (Å²) in [6.07, 6.45) is 3.65. The van der Waals surface area contributed by atoms with Gasteiger partial charge in [-0.2, -0.15) is 0 Å². The molecular weight excluding hydrogens is 512 g/mol. The number of pyridine rings is 2. The molecule has 4 rings (SSSR count). The zero-order chi connectivity index (χ0) is 27.6. The molecule has 202 valence electrons. The molecule has 3 aromatic heterocycles. The number of hydrogen-bond donors (Lipinski definition) is 0. The summed E-state index contributed by atoms with van der Waals surface area (Å²) in [4.78, 5) is 21.0.